The molecule has 0 spiro atoms. The number of aryl methyl sites for hydroxylation is 1. The van der Waals surface area contributed by atoms with Crippen molar-refractivity contribution < 1.29 is 9.18 Å². The first kappa shape index (κ1) is 14.2. The summed E-state index contributed by atoms with van der Waals surface area (Å²) in [4.78, 5) is 38.2. The van der Waals surface area contributed by atoms with E-state index in [0.717, 1.165) is 12.1 Å². The van der Waals surface area contributed by atoms with Crippen LogP contribution in [0.2, 0.25) is 0 Å². The summed E-state index contributed by atoms with van der Waals surface area (Å²) in [6, 6.07) is 3.59. The van der Waals surface area contributed by atoms with Crippen LogP contribution in [0.1, 0.15) is 16.1 Å². The van der Waals surface area contributed by atoms with Gasteiger partial charge in [-0.2, -0.15) is 0 Å². The first-order chi connectivity index (χ1) is 9.36. The van der Waals surface area contributed by atoms with Crippen LogP contribution in [0.5, 0.6) is 0 Å². The van der Waals surface area contributed by atoms with Crippen molar-refractivity contribution in [2.45, 2.75) is 6.92 Å². The molecule has 0 aliphatic rings. The Balaban J connectivity index is 2.35. The van der Waals surface area contributed by atoms with Crippen LogP contribution in [0.4, 0.5) is 10.1 Å². The SMILES string of the molecule is Cc1cc(Br)c(F)cc1NC(=O)c1cc(=O)[nH]c(=O)[nH]1. The molecule has 1 heterocycles. The molecule has 0 aliphatic carbocycles. The summed E-state index contributed by atoms with van der Waals surface area (Å²) in [5, 5.41) is 2.43. The number of rotatable bonds is 2. The number of benzene rings is 1. The topological polar surface area (TPSA) is 94.8 Å². The van der Waals surface area contributed by atoms with Gasteiger partial charge in [0.15, 0.2) is 0 Å². The molecule has 0 aliphatic heterocycles. The van der Waals surface area contributed by atoms with Gasteiger partial charge in [0, 0.05) is 11.8 Å². The van der Waals surface area contributed by atoms with Crippen molar-refractivity contribution in [1.82, 2.24) is 9.97 Å². The van der Waals surface area contributed by atoms with E-state index in [1.165, 1.54) is 6.07 Å². The molecule has 6 nitrogen and oxygen atoms in total. The Morgan fingerprint density at radius 3 is 2.60 bits per heavy atom. The number of amides is 1. The van der Waals surface area contributed by atoms with Crippen LogP contribution < -0.4 is 16.6 Å². The number of carbonyl (C=O) groups is 1. The summed E-state index contributed by atoms with van der Waals surface area (Å²) in [6.45, 7) is 1.68. The third-order valence-corrected chi connectivity index (χ3v) is 3.13. The Morgan fingerprint density at radius 2 is 1.95 bits per heavy atom. The minimum Gasteiger partial charge on any atom is -0.320 e. The maximum atomic E-state index is 13.4. The maximum absolute atomic E-state index is 13.4. The number of H-pyrrole nitrogens is 2. The molecule has 0 saturated heterocycles. The molecule has 3 N–H and O–H groups in total. The van der Waals surface area contributed by atoms with E-state index in [1.54, 1.807) is 6.92 Å². The third kappa shape index (κ3) is 3.02. The number of halogens is 2. The minimum absolute atomic E-state index is 0.207. The summed E-state index contributed by atoms with van der Waals surface area (Å²) in [5.74, 6) is -1.25. The van der Waals surface area contributed by atoms with Crippen LogP contribution in [0.15, 0.2) is 32.3 Å². The fourth-order valence-corrected chi connectivity index (χ4v) is 2.02. The van der Waals surface area contributed by atoms with E-state index in [0.29, 0.717) is 5.56 Å². The Kier molecular flexibility index (Phi) is 3.84. The molecule has 2 aromatic rings. The highest BCUT2D eigenvalue weighted by Gasteiger charge is 2.12. The fourth-order valence-electron chi connectivity index (χ4n) is 1.56. The zero-order valence-corrected chi connectivity index (χ0v) is 11.8. The molecule has 0 bridgehead atoms. The van der Waals surface area contributed by atoms with Crippen molar-refractivity contribution in [2.75, 3.05) is 5.32 Å². The van der Waals surface area contributed by atoms with E-state index in [9.17, 15) is 18.8 Å². The van der Waals surface area contributed by atoms with Crippen molar-refractivity contribution in [2.24, 2.45) is 0 Å². The number of aromatic amines is 2. The lowest BCUT2D eigenvalue weighted by atomic mass is 10.2. The zero-order valence-electron chi connectivity index (χ0n) is 10.2. The second-order valence-electron chi connectivity index (χ2n) is 4.04. The summed E-state index contributed by atoms with van der Waals surface area (Å²) >= 11 is 3.03. The Hall–Kier alpha value is -2.22. The molecule has 104 valence electrons. The highest BCUT2D eigenvalue weighted by molar-refractivity contribution is 9.10. The van der Waals surface area contributed by atoms with Crippen LogP contribution in [0.3, 0.4) is 0 Å². The molecule has 0 atom stereocenters. The van der Waals surface area contributed by atoms with E-state index in [-0.39, 0.29) is 15.9 Å². The lowest BCUT2D eigenvalue weighted by Crippen LogP contribution is -2.27. The standard InChI is InChI=1S/C12H9BrFN3O3/c1-5-2-6(13)7(14)3-8(5)15-11(19)9-4-10(18)17-12(20)16-9/h2-4H,1H3,(H,15,19)(H2,16,17,18,20). The summed E-state index contributed by atoms with van der Waals surface area (Å²) in [6.07, 6.45) is 0. The van der Waals surface area contributed by atoms with Gasteiger partial charge in [-0.3, -0.25) is 14.6 Å². The van der Waals surface area contributed by atoms with Crippen molar-refractivity contribution in [3.05, 3.63) is 60.6 Å². The maximum Gasteiger partial charge on any atom is 0.326 e. The number of hydrogen-bond acceptors (Lipinski definition) is 3. The predicted molar refractivity (Wildman–Crippen MR) is 74.5 cm³/mol. The summed E-state index contributed by atoms with van der Waals surface area (Å²) in [5.41, 5.74) is -0.823. The molecule has 2 rings (SSSR count). The van der Waals surface area contributed by atoms with Gasteiger partial charge in [0.2, 0.25) is 0 Å². The normalized spacial score (nSPS) is 10.3. The number of aromatic nitrogens is 2. The number of anilines is 1. The smallest absolute Gasteiger partial charge is 0.320 e. The molecule has 0 radical (unpaired) electrons. The monoisotopic (exact) mass is 341 g/mol. The van der Waals surface area contributed by atoms with Gasteiger partial charge in [-0.1, -0.05) is 0 Å². The molecule has 1 aromatic heterocycles. The molecule has 0 fully saturated rings. The van der Waals surface area contributed by atoms with E-state index in [2.05, 4.69) is 26.2 Å². The van der Waals surface area contributed by atoms with Crippen LogP contribution in [0.25, 0.3) is 0 Å². The van der Waals surface area contributed by atoms with E-state index >= 15 is 0 Å². The van der Waals surface area contributed by atoms with Gasteiger partial charge in [-0.25, -0.2) is 9.18 Å². The van der Waals surface area contributed by atoms with E-state index in [4.69, 9.17) is 0 Å². The lowest BCUT2D eigenvalue weighted by molar-refractivity contribution is 0.102. The Bertz CT molecular complexity index is 769. The van der Waals surface area contributed by atoms with Gasteiger partial charge in [0.25, 0.3) is 11.5 Å². The highest BCUT2D eigenvalue weighted by atomic mass is 79.9. The zero-order chi connectivity index (χ0) is 14.9. The third-order valence-electron chi connectivity index (χ3n) is 2.52. The van der Waals surface area contributed by atoms with Gasteiger partial charge in [-0.15, -0.1) is 0 Å². The molecular weight excluding hydrogens is 333 g/mol. The number of carbonyl (C=O) groups excluding carboxylic acids is 1. The molecule has 1 amide bonds. The second kappa shape index (κ2) is 5.41. The first-order valence-electron chi connectivity index (χ1n) is 5.47. The molecule has 0 unspecified atom stereocenters. The predicted octanol–water partition coefficient (Wildman–Crippen LogP) is 1.53. The van der Waals surface area contributed by atoms with Crippen LogP contribution in [0, 0.1) is 12.7 Å². The van der Waals surface area contributed by atoms with Crippen LogP contribution in [-0.4, -0.2) is 15.9 Å². The second-order valence-corrected chi connectivity index (χ2v) is 4.89. The van der Waals surface area contributed by atoms with Crippen LogP contribution in [-0.2, 0) is 0 Å². The van der Waals surface area contributed by atoms with E-state index < -0.39 is 23.0 Å². The molecule has 8 heteroatoms. The molecular formula is C12H9BrFN3O3. The first-order valence-corrected chi connectivity index (χ1v) is 6.27. The van der Waals surface area contributed by atoms with Gasteiger partial charge in [-0.05, 0) is 40.5 Å². The van der Waals surface area contributed by atoms with Crippen molar-refractivity contribution in [3.8, 4) is 0 Å². The van der Waals surface area contributed by atoms with Crippen LogP contribution >= 0.6 is 15.9 Å². The Morgan fingerprint density at radius 1 is 1.25 bits per heavy atom. The average Bonchev–Trinajstić information content (AvgIpc) is 2.34. The summed E-state index contributed by atoms with van der Waals surface area (Å²) < 4.78 is 13.7. The molecule has 0 saturated carbocycles. The van der Waals surface area contributed by atoms with Gasteiger partial charge in [0.1, 0.15) is 11.5 Å². The van der Waals surface area contributed by atoms with Gasteiger partial charge >= 0.3 is 5.69 Å². The summed E-state index contributed by atoms with van der Waals surface area (Å²) in [7, 11) is 0. The molecule has 1 aromatic carbocycles. The molecule has 20 heavy (non-hydrogen) atoms. The largest absolute Gasteiger partial charge is 0.326 e. The van der Waals surface area contributed by atoms with Crippen molar-refractivity contribution >= 4 is 27.5 Å². The van der Waals surface area contributed by atoms with E-state index in [1.807, 2.05) is 4.98 Å². The quantitative estimate of drug-likeness (QED) is 0.772. The van der Waals surface area contributed by atoms with Crippen molar-refractivity contribution in [3.63, 3.8) is 0 Å². The number of nitrogens with one attached hydrogen (secondary N) is 3. The highest BCUT2D eigenvalue weighted by Crippen LogP contribution is 2.24. The van der Waals surface area contributed by atoms with Crippen molar-refractivity contribution in [1.29, 1.82) is 0 Å². The van der Waals surface area contributed by atoms with Gasteiger partial charge < -0.3 is 10.3 Å². The lowest BCUT2D eigenvalue weighted by Gasteiger charge is -2.09. The van der Waals surface area contributed by atoms with Gasteiger partial charge in [0.05, 0.1) is 4.47 Å². The Labute approximate surface area is 120 Å². The fraction of sp³-hybridized carbons (Fsp3) is 0.0833. The number of hydrogen-bond donors (Lipinski definition) is 3. The minimum atomic E-state index is -0.790. The average molecular weight is 342 g/mol.